The van der Waals surface area contributed by atoms with Crippen molar-refractivity contribution in [3.63, 3.8) is 0 Å². The molecular formula is C9H20InN. The molecular weight excluding hydrogens is 237 g/mol. The summed E-state index contributed by atoms with van der Waals surface area (Å²) in [5, 5.41) is 0. The van der Waals surface area contributed by atoms with Crippen molar-refractivity contribution in [2.24, 2.45) is 0 Å². The van der Waals surface area contributed by atoms with E-state index in [1.54, 1.807) is 8.35 Å². The van der Waals surface area contributed by atoms with E-state index in [2.05, 4.69) is 18.7 Å². The Hall–Kier alpha value is 0.830. The molecule has 0 atom stereocenters. The molecule has 2 heteroatoms. The molecule has 0 N–H and O–H groups in total. The summed E-state index contributed by atoms with van der Waals surface area (Å²) in [4.78, 5) is 2.64. The minimum absolute atomic E-state index is 0.179. The van der Waals surface area contributed by atoms with E-state index < -0.39 is 0 Å². The van der Waals surface area contributed by atoms with Crippen molar-refractivity contribution in [2.75, 3.05) is 13.1 Å². The summed E-state index contributed by atoms with van der Waals surface area (Å²) in [7, 11) is 0. The van der Waals surface area contributed by atoms with Crippen LogP contribution in [0.4, 0.5) is 0 Å². The Bertz CT molecular complexity index is 95.7. The van der Waals surface area contributed by atoms with Crippen LogP contribution in [0.3, 0.4) is 0 Å². The SMILES string of the molecule is CC(C)N1CC[CH2][InH][CH2]CC1. The molecule has 0 aromatic heterocycles. The predicted octanol–water partition coefficient (Wildman–Crippen LogP) is 1.76. The van der Waals surface area contributed by atoms with Crippen LogP contribution in [0.2, 0.25) is 8.35 Å². The average molecular weight is 257 g/mol. The van der Waals surface area contributed by atoms with Gasteiger partial charge in [0.25, 0.3) is 0 Å². The molecule has 0 aromatic rings. The Labute approximate surface area is 81.9 Å². The molecule has 0 saturated carbocycles. The zero-order chi connectivity index (χ0) is 8.10. The Morgan fingerprint density at radius 2 is 1.64 bits per heavy atom. The zero-order valence-electron chi connectivity index (χ0n) is 7.97. The first-order chi connectivity index (χ1) is 5.30. The molecule has 0 spiro atoms. The second-order valence-corrected chi connectivity index (χ2v) is 9.95. The molecule has 0 aromatic carbocycles. The maximum absolute atomic E-state index is 2.64. The van der Waals surface area contributed by atoms with E-state index in [1.807, 2.05) is 0 Å². The topological polar surface area (TPSA) is 3.24 Å². The molecule has 1 aliphatic heterocycles. The summed E-state index contributed by atoms with van der Waals surface area (Å²) in [5.41, 5.74) is 0. The number of rotatable bonds is 1. The second-order valence-electron chi connectivity index (χ2n) is 3.90. The van der Waals surface area contributed by atoms with Crippen LogP contribution in [0.1, 0.15) is 26.7 Å². The van der Waals surface area contributed by atoms with Gasteiger partial charge in [-0.15, -0.1) is 0 Å². The van der Waals surface area contributed by atoms with Gasteiger partial charge in [0.2, 0.25) is 0 Å². The van der Waals surface area contributed by atoms with E-state index in [4.69, 9.17) is 0 Å². The van der Waals surface area contributed by atoms with E-state index in [1.165, 1.54) is 25.9 Å². The van der Waals surface area contributed by atoms with Gasteiger partial charge in [-0.1, -0.05) is 0 Å². The summed E-state index contributed by atoms with van der Waals surface area (Å²) >= 11 is -0.179. The van der Waals surface area contributed by atoms with Crippen molar-refractivity contribution < 1.29 is 0 Å². The quantitative estimate of drug-likeness (QED) is 0.692. The third kappa shape index (κ3) is 3.84. The Morgan fingerprint density at radius 1 is 1.09 bits per heavy atom. The van der Waals surface area contributed by atoms with Gasteiger partial charge in [0, 0.05) is 0 Å². The van der Waals surface area contributed by atoms with Crippen molar-refractivity contribution in [1.82, 2.24) is 4.90 Å². The van der Waals surface area contributed by atoms with Crippen molar-refractivity contribution >= 4 is 22.9 Å². The number of nitrogens with zero attached hydrogens (tertiary/aromatic N) is 1. The molecule has 0 unspecified atom stereocenters. The molecule has 0 aliphatic carbocycles. The molecule has 1 aliphatic rings. The van der Waals surface area contributed by atoms with E-state index in [0.29, 0.717) is 0 Å². The Morgan fingerprint density at radius 3 is 2.09 bits per heavy atom. The monoisotopic (exact) mass is 257 g/mol. The number of hydrogen-bond acceptors (Lipinski definition) is 1. The van der Waals surface area contributed by atoms with Crippen molar-refractivity contribution in [3.05, 3.63) is 0 Å². The fraction of sp³-hybridized carbons (Fsp3) is 1.00. The Kier molecular flexibility index (Phi) is 4.93. The number of hydrogen-bond donors (Lipinski definition) is 0. The van der Waals surface area contributed by atoms with E-state index in [0.717, 1.165) is 6.04 Å². The first-order valence-corrected chi connectivity index (χ1v) is 10.8. The molecule has 1 fully saturated rings. The van der Waals surface area contributed by atoms with Gasteiger partial charge in [0.1, 0.15) is 0 Å². The van der Waals surface area contributed by atoms with Crippen LogP contribution in [-0.4, -0.2) is 46.9 Å². The van der Waals surface area contributed by atoms with Crippen LogP contribution < -0.4 is 0 Å². The van der Waals surface area contributed by atoms with E-state index in [9.17, 15) is 0 Å². The minimum atomic E-state index is -0.179. The summed E-state index contributed by atoms with van der Waals surface area (Å²) in [6.07, 6.45) is 3.02. The second kappa shape index (κ2) is 5.47. The summed E-state index contributed by atoms with van der Waals surface area (Å²) in [6.45, 7) is 7.42. The molecule has 1 nitrogen and oxygen atoms in total. The molecule has 11 heavy (non-hydrogen) atoms. The van der Waals surface area contributed by atoms with Gasteiger partial charge in [-0.25, -0.2) is 0 Å². The van der Waals surface area contributed by atoms with Crippen molar-refractivity contribution in [3.8, 4) is 0 Å². The molecule has 0 bridgehead atoms. The van der Waals surface area contributed by atoms with E-state index >= 15 is 0 Å². The van der Waals surface area contributed by atoms with Gasteiger partial charge >= 0.3 is 82.0 Å². The van der Waals surface area contributed by atoms with Gasteiger partial charge in [0.05, 0.1) is 0 Å². The summed E-state index contributed by atoms with van der Waals surface area (Å²) in [5.74, 6) is 0. The van der Waals surface area contributed by atoms with E-state index in [-0.39, 0.29) is 22.9 Å². The molecule has 0 amide bonds. The third-order valence-electron chi connectivity index (χ3n) is 2.62. The molecule has 0 radical (unpaired) electrons. The van der Waals surface area contributed by atoms with Gasteiger partial charge < -0.3 is 0 Å². The average Bonchev–Trinajstić information content (AvgIpc) is 1.84. The van der Waals surface area contributed by atoms with Crippen molar-refractivity contribution in [2.45, 2.75) is 41.1 Å². The van der Waals surface area contributed by atoms with Crippen LogP contribution in [0.5, 0.6) is 0 Å². The standard InChI is InChI=1S/C9H19N.In.H/c1-5-7-10(8-6-2)9(3)4;;/h9H,1-2,5-8H2,3-4H3;;. The van der Waals surface area contributed by atoms with Gasteiger partial charge in [-0.2, -0.15) is 0 Å². The normalized spacial score (nSPS) is 22.5. The third-order valence-corrected chi connectivity index (χ3v) is 8.33. The fourth-order valence-corrected chi connectivity index (χ4v) is 6.09. The van der Waals surface area contributed by atoms with Gasteiger partial charge in [-0.05, 0) is 0 Å². The molecule has 1 rings (SSSR count). The fourth-order valence-electron chi connectivity index (χ4n) is 1.79. The molecule has 1 heterocycles. The first kappa shape index (κ1) is 9.91. The first-order valence-electron chi connectivity index (χ1n) is 5.05. The predicted molar refractivity (Wildman–Crippen MR) is 52.7 cm³/mol. The van der Waals surface area contributed by atoms with Crippen LogP contribution >= 0.6 is 0 Å². The van der Waals surface area contributed by atoms with Crippen LogP contribution in [0.15, 0.2) is 0 Å². The summed E-state index contributed by atoms with van der Waals surface area (Å²) < 4.78 is 3.32. The molecule has 1 saturated heterocycles. The van der Waals surface area contributed by atoms with Gasteiger partial charge in [0.15, 0.2) is 0 Å². The van der Waals surface area contributed by atoms with Crippen LogP contribution in [-0.2, 0) is 0 Å². The van der Waals surface area contributed by atoms with Crippen molar-refractivity contribution in [1.29, 1.82) is 0 Å². The Balaban J connectivity index is 2.26. The summed E-state index contributed by atoms with van der Waals surface area (Å²) in [6, 6.07) is 0.781. The maximum atomic E-state index is 2.64. The zero-order valence-corrected chi connectivity index (χ0v) is 12.0. The van der Waals surface area contributed by atoms with Gasteiger partial charge in [-0.3, -0.25) is 0 Å². The van der Waals surface area contributed by atoms with Crippen LogP contribution in [0.25, 0.3) is 0 Å². The molecule has 64 valence electrons. The van der Waals surface area contributed by atoms with Crippen LogP contribution in [0, 0.1) is 0 Å².